The third-order valence-corrected chi connectivity index (χ3v) is 24.0. The van der Waals surface area contributed by atoms with Gasteiger partial charge in [0.1, 0.15) is 52.5 Å². The number of rotatable bonds is 25. The second-order valence-corrected chi connectivity index (χ2v) is 35.0. The Balaban J connectivity index is 0.000000272. The van der Waals surface area contributed by atoms with E-state index < -0.39 is 48.0 Å². The molecule has 7 aromatic carbocycles. The van der Waals surface area contributed by atoms with Crippen LogP contribution < -0.4 is 53.0 Å². The molecule has 4 aliphatic heterocycles. The quantitative estimate of drug-likeness (QED) is 0.0134. The number of piperidine rings is 4. The Morgan fingerprint density at radius 3 is 1.03 bits per heavy atom. The van der Waals surface area contributed by atoms with Crippen molar-refractivity contribution in [3.63, 3.8) is 0 Å². The van der Waals surface area contributed by atoms with E-state index in [0.29, 0.717) is 143 Å². The first-order chi connectivity index (χ1) is 56.0. The molecule has 4 saturated heterocycles. The number of phenols is 2. The van der Waals surface area contributed by atoms with Crippen LogP contribution in [0.1, 0.15) is 156 Å². The highest BCUT2D eigenvalue weighted by molar-refractivity contribution is 7.89. The van der Waals surface area contributed by atoms with Crippen LogP contribution in [0.15, 0.2) is 179 Å². The summed E-state index contributed by atoms with van der Waals surface area (Å²) in [6.07, 6.45) is 13.6. The Morgan fingerprint density at radius 2 is 0.723 bits per heavy atom. The van der Waals surface area contributed by atoms with Crippen LogP contribution in [-0.2, 0) is 53.9 Å². The molecule has 0 bridgehead atoms. The van der Waals surface area contributed by atoms with Crippen molar-refractivity contribution in [1.29, 1.82) is 0 Å². The van der Waals surface area contributed by atoms with E-state index in [1.165, 1.54) is 37.2 Å². The van der Waals surface area contributed by atoms with Gasteiger partial charge in [0, 0.05) is 74.2 Å². The Kier molecular flexibility index (Phi) is 42.3. The van der Waals surface area contributed by atoms with E-state index in [1.807, 2.05) is 106 Å². The number of esters is 2. The number of hydrogen-bond donors (Lipinski definition) is 6. The van der Waals surface area contributed by atoms with Gasteiger partial charge in [0.2, 0.25) is 30.1 Å². The molecule has 0 saturated carbocycles. The van der Waals surface area contributed by atoms with Crippen LogP contribution in [-0.4, -0.2) is 196 Å². The molecule has 0 radical (unpaired) electrons. The number of sulfonamides is 3. The molecule has 0 amide bonds. The molecular formula is C89H116IN4O22S3-. The zero-order valence-corrected chi connectivity index (χ0v) is 74.4. The lowest BCUT2D eigenvalue weighted by Gasteiger charge is -2.31. The maximum atomic E-state index is 13.1. The molecule has 6 N–H and O–H groups in total. The van der Waals surface area contributed by atoms with Gasteiger partial charge in [0.05, 0.1) is 64.0 Å². The number of aromatic hydroxyl groups is 2. The van der Waals surface area contributed by atoms with E-state index in [0.717, 1.165) is 59.8 Å². The molecular weight excluding hydrogens is 1700 g/mol. The van der Waals surface area contributed by atoms with E-state index in [1.54, 1.807) is 129 Å². The average Bonchev–Trinajstić information content (AvgIpc) is 0.805. The molecule has 650 valence electrons. The summed E-state index contributed by atoms with van der Waals surface area (Å²) in [5, 5.41) is 48.9. The molecule has 4 fully saturated rings. The van der Waals surface area contributed by atoms with Gasteiger partial charge < -0.3 is 88.0 Å². The third kappa shape index (κ3) is 34.4. The fourth-order valence-corrected chi connectivity index (χ4v) is 16.6. The number of hydrogen-bond acceptors (Lipinski definition) is 22. The topological polar surface area (TPSA) is 358 Å². The predicted octanol–water partition coefficient (Wildman–Crippen LogP) is 10.8. The number of carboxylic acids is 1. The minimum absolute atomic E-state index is 0. The van der Waals surface area contributed by atoms with Gasteiger partial charge in [0.25, 0.3) is 0 Å². The van der Waals surface area contributed by atoms with E-state index in [2.05, 4.69) is 5.32 Å². The molecule has 26 nitrogen and oxygen atoms in total. The molecule has 30 heteroatoms. The highest BCUT2D eigenvalue weighted by Gasteiger charge is 2.33. The van der Waals surface area contributed by atoms with Crippen molar-refractivity contribution in [2.75, 3.05) is 65.6 Å². The number of aryl methyl sites for hydroxylation is 4. The summed E-state index contributed by atoms with van der Waals surface area (Å²) in [6.45, 7) is 27.5. The summed E-state index contributed by atoms with van der Waals surface area (Å²) in [5.74, 6) is 1.55. The van der Waals surface area contributed by atoms with Crippen molar-refractivity contribution in [2.45, 2.75) is 192 Å². The Labute approximate surface area is 719 Å². The van der Waals surface area contributed by atoms with Gasteiger partial charge in [-0.1, -0.05) is 46.5 Å². The number of aliphatic hydroxyl groups excluding tert-OH is 2. The summed E-state index contributed by atoms with van der Waals surface area (Å²) in [4.78, 5) is 44.6. The van der Waals surface area contributed by atoms with Gasteiger partial charge >= 0.3 is 17.9 Å². The molecule has 0 atom stereocenters. The first-order valence-corrected chi connectivity index (χ1v) is 43.9. The standard InChI is InChI=1S/C26H33NO6S.C24H29NO6S.C14H21NO4S.C12H14O3.C8H8O2.C5H11NO.HI/c1-5-31-26(28)13-7-21-18-20(4)6-12-25(21)33-23-14-16-27(17-15-23)34(29,30)24-10-8-22(9-11-24)32-19(2)3;1-17(2)30-20-6-8-22(9-7-20)32(28,29)25-14-12-21(13-15-25)31-23-10-4-18(3)16-19(23)5-11-24(26)27;1-11(2)19-13-3-5-14(6-4-13)20(17,18)15-9-7-12(16)8-10-15;1-3-15-12(14)7-5-10-8-9(2)4-6-11(10)13;1-6-2-3-8(10)7(4-6)5-9;7-5-1-3-6-4-2-5;/h6-13,18-19,23H,5,14-17H2,1-4H3;4-11,16-17,21H,12-15H2,1-3H3,(H,26,27);3-6,11-12,16H,7-10H2,1-2H3;4-8,13H,3H2,1-2H3;2-5,10H,1H3;5-7H,1-4H2;1H/p-1/b13-7+;11-5+;;7-5+;;;. The number of nitrogens with one attached hydrogen (secondary N) is 1. The number of carboxylic acid groups (broad SMARTS) is 1. The first-order valence-electron chi connectivity index (χ1n) is 39.6. The number of nitrogens with zero attached hydrogens (tertiary/aromatic N) is 3. The molecule has 4 heterocycles. The lowest BCUT2D eigenvalue weighted by atomic mass is 10.1. The van der Waals surface area contributed by atoms with Crippen LogP contribution in [0.2, 0.25) is 0 Å². The van der Waals surface area contributed by atoms with Gasteiger partial charge in [-0.25, -0.2) is 39.6 Å². The Hall–Kier alpha value is -9.22. The molecule has 0 aliphatic carbocycles. The Bertz CT molecular complexity index is 4780. The van der Waals surface area contributed by atoms with E-state index >= 15 is 0 Å². The minimum Gasteiger partial charge on any atom is -1.00 e. The molecule has 11 rings (SSSR count). The molecule has 7 aromatic rings. The maximum Gasteiger partial charge on any atom is 0.330 e. The summed E-state index contributed by atoms with van der Waals surface area (Å²) in [6, 6.07) is 41.0. The average molecular weight is 1820 g/mol. The zero-order chi connectivity index (χ0) is 86.7. The number of aldehydes is 1. The van der Waals surface area contributed by atoms with Crippen LogP contribution in [0, 0.1) is 27.7 Å². The lowest BCUT2D eigenvalue weighted by molar-refractivity contribution is -0.138. The molecule has 119 heavy (non-hydrogen) atoms. The third-order valence-electron chi connectivity index (χ3n) is 18.2. The molecule has 0 aromatic heterocycles. The summed E-state index contributed by atoms with van der Waals surface area (Å²) >= 11 is 0. The van der Waals surface area contributed by atoms with Gasteiger partial charge in [-0.3, -0.25) is 4.79 Å². The van der Waals surface area contributed by atoms with Gasteiger partial charge in [-0.05, 0) is 287 Å². The van der Waals surface area contributed by atoms with Gasteiger partial charge in [-0.2, -0.15) is 12.9 Å². The van der Waals surface area contributed by atoms with E-state index in [4.69, 9.17) is 48.5 Å². The predicted molar refractivity (Wildman–Crippen MR) is 455 cm³/mol. The maximum absolute atomic E-state index is 13.1. The van der Waals surface area contributed by atoms with Crippen LogP contribution in [0.4, 0.5) is 0 Å². The smallest absolute Gasteiger partial charge is 0.330 e. The van der Waals surface area contributed by atoms with Crippen molar-refractivity contribution in [3.05, 3.63) is 208 Å². The van der Waals surface area contributed by atoms with Gasteiger partial charge in [-0.15, -0.1) is 0 Å². The van der Waals surface area contributed by atoms with Crippen molar-refractivity contribution in [3.8, 4) is 40.2 Å². The van der Waals surface area contributed by atoms with Gasteiger partial charge in [0.15, 0.2) is 6.29 Å². The number of benzene rings is 7. The number of ether oxygens (including phenoxy) is 7. The Morgan fingerprint density at radius 1 is 0.429 bits per heavy atom. The number of aliphatic carboxylic acids is 1. The van der Waals surface area contributed by atoms with Crippen molar-refractivity contribution in [2.24, 2.45) is 0 Å². The number of carbonyl (C=O) groups excluding carboxylic acids is 3. The largest absolute Gasteiger partial charge is 1.00 e. The highest BCUT2D eigenvalue weighted by atomic mass is 127. The monoisotopic (exact) mass is 1820 g/mol. The number of halogens is 1. The fourth-order valence-electron chi connectivity index (χ4n) is 12.2. The second-order valence-electron chi connectivity index (χ2n) is 29.1. The zero-order valence-electron chi connectivity index (χ0n) is 69.8. The van der Waals surface area contributed by atoms with E-state index in [-0.39, 0.29) is 92.9 Å². The van der Waals surface area contributed by atoms with Crippen molar-refractivity contribution >= 4 is 72.5 Å². The highest BCUT2D eigenvalue weighted by Crippen LogP contribution is 2.32. The van der Waals surface area contributed by atoms with Crippen LogP contribution in [0.5, 0.6) is 40.2 Å². The van der Waals surface area contributed by atoms with Crippen LogP contribution in [0.25, 0.3) is 18.2 Å². The summed E-state index contributed by atoms with van der Waals surface area (Å²) in [7, 11) is -10.6. The normalized spacial score (nSPS) is 15.4. The molecule has 0 unspecified atom stereocenters. The molecule has 4 aliphatic rings. The molecule has 0 spiro atoms. The fraction of sp³-hybridized carbons (Fsp3) is 0.416. The van der Waals surface area contributed by atoms with Crippen LogP contribution >= 0.6 is 0 Å². The first kappa shape index (κ1) is 100. The minimum atomic E-state index is -3.59. The van der Waals surface area contributed by atoms with Crippen molar-refractivity contribution < 1.29 is 127 Å². The SMILES string of the molecule is CC(C)Oc1ccc(S(=O)(=O)N2CCC(O)CC2)cc1.CCOC(=O)/C=C/c1cc(C)ccc1O.CCOC(=O)/C=C/c1cc(C)ccc1OC1CCN(S(=O)(=O)c2ccc(OC(C)C)cc2)CC1.Cc1ccc(O)c(C=O)c1.Cc1ccc(OC2CCN(S(=O)(=O)c3ccc(OC(C)C)cc3)CC2)c(/C=C/C(=O)O)c1.OC1CCNCC1.[I-]. The summed E-state index contributed by atoms with van der Waals surface area (Å²) < 4.78 is 120. The van der Waals surface area contributed by atoms with Crippen molar-refractivity contribution in [1.82, 2.24) is 18.2 Å². The second kappa shape index (κ2) is 50.1. The number of phenolic OH excluding ortho intramolecular Hbond substituents is 2. The van der Waals surface area contributed by atoms with Crippen LogP contribution in [0.3, 0.4) is 0 Å². The number of carbonyl (C=O) groups is 4. The summed E-state index contributed by atoms with van der Waals surface area (Å²) in [5.41, 5.74) is 6.46. The van der Waals surface area contributed by atoms with E-state index in [9.17, 15) is 54.6 Å². The number of aliphatic hydroxyl groups is 2. The lowest BCUT2D eigenvalue weighted by Crippen LogP contribution is -3.00.